The van der Waals surface area contributed by atoms with Crippen LogP contribution >= 0.6 is 11.6 Å². The summed E-state index contributed by atoms with van der Waals surface area (Å²) in [4.78, 5) is 7.96. The van der Waals surface area contributed by atoms with Gasteiger partial charge < -0.3 is 20.9 Å². The SMILES string of the molecule is COc1cc(Cc2cnc(N)nc2N)ccc1OCc1ccc(Cl)cc1. The zero-order chi connectivity index (χ0) is 18.5. The van der Waals surface area contributed by atoms with E-state index in [1.807, 2.05) is 42.5 Å². The molecule has 0 radical (unpaired) electrons. The molecule has 0 saturated heterocycles. The minimum atomic E-state index is 0.162. The average Bonchev–Trinajstić information content (AvgIpc) is 2.64. The molecule has 0 bridgehead atoms. The molecule has 1 heterocycles. The van der Waals surface area contributed by atoms with Crippen LogP contribution in [0.2, 0.25) is 5.02 Å². The lowest BCUT2D eigenvalue weighted by atomic mass is 10.1. The monoisotopic (exact) mass is 370 g/mol. The fourth-order valence-electron chi connectivity index (χ4n) is 2.47. The zero-order valence-corrected chi connectivity index (χ0v) is 15.0. The number of rotatable bonds is 6. The summed E-state index contributed by atoms with van der Waals surface area (Å²) in [5, 5.41) is 0.696. The maximum absolute atomic E-state index is 5.90. The Bertz CT molecular complexity index is 901. The highest BCUT2D eigenvalue weighted by molar-refractivity contribution is 6.30. The molecule has 0 saturated carbocycles. The molecule has 3 rings (SSSR count). The van der Waals surface area contributed by atoms with Gasteiger partial charge in [0.2, 0.25) is 5.95 Å². The van der Waals surface area contributed by atoms with Gasteiger partial charge in [0.05, 0.1) is 7.11 Å². The van der Waals surface area contributed by atoms with Crippen molar-refractivity contribution in [2.45, 2.75) is 13.0 Å². The van der Waals surface area contributed by atoms with Crippen molar-refractivity contribution in [2.75, 3.05) is 18.6 Å². The molecule has 3 aromatic rings. The van der Waals surface area contributed by atoms with Crippen molar-refractivity contribution in [1.29, 1.82) is 0 Å². The molecule has 1 aromatic heterocycles. The third-order valence-corrected chi connectivity index (χ3v) is 4.10. The number of nitrogen functional groups attached to an aromatic ring is 2. The molecule has 0 fully saturated rings. The van der Waals surface area contributed by atoms with Crippen LogP contribution in [-0.2, 0) is 13.0 Å². The molecule has 0 aliphatic heterocycles. The van der Waals surface area contributed by atoms with E-state index in [9.17, 15) is 0 Å². The second-order valence-corrected chi connectivity index (χ2v) is 6.15. The summed E-state index contributed by atoms with van der Waals surface area (Å²) < 4.78 is 11.3. The van der Waals surface area contributed by atoms with Crippen LogP contribution in [0.25, 0.3) is 0 Å². The van der Waals surface area contributed by atoms with Gasteiger partial charge in [0.25, 0.3) is 0 Å². The lowest BCUT2D eigenvalue weighted by Gasteiger charge is -2.13. The van der Waals surface area contributed by atoms with E-state index >= 15 is 0 Å². The number of nitrogens with zero attached hydrogens (tertiary/aromatic N) is 2. The Hall–Kier alpha value is -2.99. The number of hydrogen-bond donors (Lipinski definition) is 2. The third-order valence-electron chi connectivity index (χ3n) is 3.85. The minimum Gasteiger partial charge on any atom is -0.493 e. The Morgan fingerprint density at radius 3 is 2.42 bits per heavy atom. The van der Waals surface area contributed by atoms with Crippen molar-refractivity contribution in [3.8, 4) is 11.5 Å². The largest absolute Gasteiger partial charge is 0.493 e. The molecular weight excluding hydrogens is 352 g/mol. The van der Waals surface area contributed by atoms with Crippen molar-refractivity contribution in [1.82, 2.24) is 9.97 Å². The third kappa shape index (κ3) is 4.34. The Kier molecular flexibility index (Phi) is 5.43. The Morgan fingerprint density at radius 1 is 1.00 bits per heavy atom. The summed E-state index contributed by atoms with van der Waals surface area (Å²) in [6.07, 6.45) is 2.20. The van der Waals surface area contributed by atoms with Crippen LogP contribution in [-0.4, -0.2) is 17.1 Å². The number of benzene rings is 2. The fraction of sp³-hybridized carbons (Fsp3) is 0.158. The van der Waals surface area contributed by atoms with Gasteiger partial charge in [-0.2, -0.15) is 4.98 Å². The van der Waals surface area contributed by atoms with E-state index in [-0.39, 0.29) is 5.95 Å². The average molecular weight is 371 g/mol. The molecule has 0 atom stereocenters. The number of anilines is 2. The summed E-state index contributed by atoms with van der Waals surface area (Å²) in [7, 11) is 1.61. The predicted octanol–water partition coefficient (Wildman–Crippen LogP) is 3.47. The first-order chi connectivity index (χ1) is 12.5. The van der Waals surface area contributed by atoms with E-state index in [4.69, 9.17) is 32.5 Å². The first-order valence-corrected chi connectivity index (χ1v) is 8.34. The molecule has 2 aromatic carbocycles. The standard InChI is InChI=1S/C19H19ClN4O2/c1-25-17-9-13(8-14-10-23-19(22)24-18(14)21)4-7-16(17)26-11-12-2-5-15(20)6-3-12/h2-7,9-10H,8,11H2,1H3,(H4,21,22,23,24). The van der Waals surface area contributed by atoms with Crippen molar-refractivity contribution in [2.24, 2.45) is 0 Å². The topological polar surface area (TPSA) is 96.3 Å². The van der Waals surface area contributed by atoms with Crippen LogP contribution in [0.5, 0.6) is 11.5 Å². The van der Waals surface area contributed by atoms with Crippen LogP contribution in [0, 0.1) is 0 Å². The first-order valence-electron chi connectivity index (χ1n) is 7.96. The van der Waals surface area contributed by atoms with Gasteiger partial charge in [-0.15, -0.1) is 0 Å². The lowest BCUT2D eigenvalue weighted by Crippen LogP contribution is -2.04. The molecule has 0 unspecified atom stereocenters. The Labute approximate surface area is 156 Å². The normalized spacial score (nSPS) is 10.5. The number of aromatic nitrogens is 2. The highest BCUT2D eigenvalue weighted by Crippen LogP contribution is 2.30. The van der Waals surface area contributed by atoms with Crippen LogP contribution in [0.3, 0.4) is 0 Å². The molecule has 6 nitrogen and oxygen atoms in total. The molecule has 0 spiro atoms. The van der Waals surface area contributed by atoms with Crippen LogP contribution < -0.4 is 20.9 Å². The van der Waals surface area contributed by atoms with E-state index in [0.717, 1.165) is 16.7 Å². The molecule has 0 aliphatic rings. The number of ether oxygens (including phenoxy) is 2. The van der Waals surface area contributed by atoms with Crippen LogP contribution in [0.4, 0.5) is 11.8 Å². The van der Waals surface area contributed by atoms with Crippen molar-refractivity contribution in [3.63, 3.8) is 0 Å². The minimum absolute atomic E-state index is 0.162. The van der Waals surface area contributed by atoms with Gasteiger partial charge in [0, 0.05) is 23.2 Å². The van der Waals surface area contributed by atoms with Crippen molar-refractivity contribution in [3.05, 3.63) is 70.4 Å². The number of nitrogens with two attached hydrogens (primary N) is 2. The summed E-state index contributed by atoms with van der Waals surface area (Å²) in [6, 6.07) is 13.3. The quantitative estimate of drug-likeness (QED) is 0.689. The van der Waals surface area contributed by atoms with Crippen molar-refractivity contribution >= 4 is 23.4 Å². The highest BCUT2D eigenvalue weighted by atomic mass is 35.5. The second kappa shape index (κ2) is 7.93. The van der Waals surface area contributed by atoms with Gasteiger partial charge >= 0.3 is 0 Å². The molecule has 0 amide bonds. The zero-order valence-electron chi connectivity index (χ0n) is 14.3. The summed E-state index contributed by atoms with van der Waals surface area (Å²) in [5.41, 5.74) is 14.2. The summed E-state index contributed by atoms with van der Waals surface area (Å²) >= 11 is 5.89. The maximum Gasteiger partial charge on any atom is 0.221 e. The van der Waals surface area contributed by atoms with Gasteiger partial charge in [0.1, 0.15) is 12.4 Å². The van der Waals surface area contributed by atoms with Crippen LogP contribution in [0.15, 0.2) is 48.7 Å². The molecule has 0 aliphatic carbocycles. The lowest BCUT2D eigenvalue weighted by molar-refractivity contribution is 0.284. The van der Waals surface area contributed by atoms with E-state index < -0.39 is 0 Å². The van der Waals surface area contributed by atoms with Crippen molar-refractivity contribution < 1.29 is 9.47 Å². The van der Waals surface area contributed by atoms with Gasteiger partial charge in [-0.05, 0) is 35.4 Å². The van der Waals surface area contributed by atoms with Gasteiger partial charge in [-0.1, -0.05) is 29.8 Å². The number of hydrogen-bond acceptors (Lipinski definition) is 6. The molecule has 134 valence electrons. The first kappa shape index (κ1) is 17.8. The van der Waals surface area contributed by atoms with E-state index in [2.05, 4.69) is 9.97 Å². The van der Waals surface area contributed by atoms with E-state index in [1.54, 1.807) is 13.3 Å². The highest BCUT2D eigenvalue weighted by Gasteiger charge is 2.09. The van der Waals surface area contributed by atoms with E-state index in [0.29, 0.717) is 35.4 Å². The predicted molar refractivity (Wildman–Crippen MR) is 102 cm³/mol. The Morgan fingerprint density at radius 2 is 1.73 bits per heavy atom. The molecule has 26 heavy (non-hydrogen) atoms. The number of halogens is 1. The van der Waals surface area contributed by atoms with Crippen LogP contribution in [0.1, 0.15) is 16.7 Å². The summed E-state index contributed by atoms with van der Waals surface area (Å²) in [6.45, 7) is 0.422. The number of methoxy groups -OCH3 is 1. The van der Waals surface area contributed by atoms with Gasteiger partial charge in [-0.3, -0.25) is 0 Å². The van der Waals surface area contributed by atoms with Gasteiger partial charge in [0.15, 0.2) is 11.5 Å². The molecular formula is C19H19ClN4O2. The Balaban J connectivity index is 1.73. The maximum atomic E-state index is 5.90. The molecule has 4 N–H and O–H groups in total. The summed E-state index contributed by atoms with van der Waals surface area (Å²) in [5.74, 6) is 1.84. The smallest absolute Gasteiger partial charge is 0.221 e. The van der Waals surface area contributed by atoms with E-state index in [1.165, 1.54) is 0 Å². The molecule has 7 heteroatoms. The van der Waals surface area contributed by atoms with Gasteiger partial charge in [-0.25, -0.2) is 4.98 Å². The second-order valence-electron chi connectivity index (χ2n) is 5.72. The fourth-order valence-corrected chi connectivity index (χ4v) is 2.60.